The van der Waals surface area contributed by atoms with E-state index in [1.165, 1.54) is 0 Å². The zero-order chi connectivity index (χ0) is 4.28. The number of nitrogens with two attached hydrogens (primary N) is 2. The van der Waals surface area contributed by atoms with Crippen LogP contribution in [0.1, 0.15) is 6.92 Å². The van der Waals surface area contributed by atoms with Crippen LogP contribution in [-0.4, -0.2) is 6.23 Å². The first-order chi connectivity index (χ1) is 2.27. The lowest BCUT2D eigenvalue weighted by molar-refractivity contribution is 0.0715. The Morgan fingerprint density at radius 3 is 1.57 bits per heavy atom. The van der Waals surface area contributed by atoms with Crippen molar-refractivity contribution in [1.29, 1.82) is 0 Å². The van der Waals surface area contributed by atoms with Crippen LogP contribution >= 0.6 is 24.8 Å². The van der Waals surface area contributed by atoms with Gasteiger partial charge in [-0.05, 0) is 6.92 Å². The van der Waals surface area contributed by atoms with Crippen molar-refractivity contribution in [1.82, 2.24) is 0 Å². The van der Waals surface area contributed by atoms with Gasteiger partial charge < -0.3 is 5.73 Å². The molecule has 3 nitrogen and oxygen atoms in total. The van der Waals surface area contributed by atoms with Crippen LogP contribution in [0.5, 0.6) is 0 Å². The predicted octanol–water partition coefficient (Wildman–Crippen LogP) is 0.0250. The molecule has 0 saturated carbocycles. The van der Waals surface area contributed by atoms with Gasteiger partial charge in [-0.2, -0.15) is 0 Å². The Labute approximate surface area is 55.2 Å². The molecule has 48 valence electrons. The van der Waals surface area contributed by atoms with E-state index in [0.717, 1.165) is 0 Å². The fraction of sp³-hybridized carbons (Fsp3) is 1.00. The second-order valence-corrected chi connectivity index (χ2v) is 0.841. The summed E-state index contributed by atoms with van der Waals surface area (Å²) in [6, 6.07) is 0. The summed E-state index contributed by atoms with van der Waals surface area (Å²) in [5.41, 5.74) is 4.94. The Balaban J connectivity index is -0.0000000800. The predicted molar refractivity (Wildman–Crippen MR) is 33.4 cm³/mol. The highest BCUT2D eigenvalue weighted by atomic mass is 35.5. The van der Waals surface area contributed by atoms with E-state index in [9.17, 15) is 0 Å². The van der Waals surface area contributed by atoms with Crippen molar-refractivity contribution in [3.8, 4) is 0 Å². The van der Waals surface area contributed by atoms with E-state index in [-0.39, 0.29) is 31.0 Å². The molecule has 0 rings (SSSR count). The van der Waals surface area contributed by atoms with Crippen molar-refractivity contribution < 1.29 is 4.84 Å². The maximum Gasteiger partial charge on any atom is 0.123 e. The fourth-order valence-corrected chi connectivity index (χ4v) is 0. The lowest BCUT2D eigenvalue weighted by Gasteiger charge is -1.94. The second-order valence-electron chi connectivity index (χ2n) is 0.841. The Morgan fingerprint density at radius 2 is 1.57 bits per heavy atom. The molecule has 0 aromatic heterocycles. The van der Waals surface area contributed by atoms with Gasteiger partial charge in [0.05, 0.1) is 0 Å². The van der Waals surface area contributed by atoms with E-state index >= 15 is 0 Å². The van der Waals surface area contributed by atoms with Crippen molar-refractivity contribution in [2.45, 2.75) is 13.2 Å². The van der Waals surface area contributed by atoms with E-state index in [1.807, 2.05) is 0 Å². The third kappa shape index (κ3) is 21.2. The molecule has 0 heterocycles. The van der Waals surface area contributed by atoms with Crippen LogP contribution in [0.3, 0.4) is 0 Å². The minimum atomic E-state index is -0.338. The lowest BCUT2D eigenvalue weighted by Crippen LogP contribution is -2.22. The van der Waals surface area contributed by atoms with Crippen LogP contribution in [0.25, 0.3) is 0 Å². The van der Waals surface area contributed by atoms with E-state index in [1.54, 1.807) is 6.92 Å². The van der Waals surface area contributed by atoms with Crippen LogP contribution in [0.4, 0.5) is 0 Å². The largest absolute Gasteiger partial charge is 0.305 e. The SMILES string of the molecule is CC(N)ON.Cl.Cl. The molecule has 0 aliphatic rings. The fourth-order valence-electron chi connectivity index (χ4n) is 0. The first kappa shape index (κ1) is 15.7. The zero-order valence-corrected chi connectivity index (χ0v) is 5.59. The van der Waals surface area contributed by atoms with Crippen molar-refractivity contribution in [2.24, 2.45) is 11.6 Å². The summed E-state index contributed by atoms with van der Waals surface area (Å²) >= 11 is 0. The molecule has 0 saturated heterocycles. The van der Waals surface area contributed by atoms with E-state index < -0.39 is 0 Å². The molecule has 0 aliphatic carbocycles. The first-order valence-electron chi connectivity index (χ1n) is 1.38. The molecule has 0 spiro atoms. The second kappa shape index (κ2) is 9.68. The molecule has 0 amide bonds. The molecule has 5 heteroatoms. The lowest BCUT2D eigenvalue weighted by atomic mass is 10.7. The van der Waals surface area contributed by atoms with E-state index in [2.05, 4.69) is 10.7 Å². The van der Waals surface area contributed by atoms with Gasteiger partial charge in [-0.15, -0.1) is 24.8 Å². The van der Waals surface area contributed by atoms with Crippen molar-refractivity contribution >= 4 is 24.8 Å². The summed E-state index contributed by atoms with van der Waals surface area (Å²) in [6.07, 6.45) is -0.338. The topological polar surface area (TPSA) is 61.3 Å². The van der Waals surface area contributed by atoms with Crippen LogP contribution in [0, 0.1) is 0 Å². The number of halogens is 2. The summed E-state index contributed by atoms with van der Waals surface area (Å²) in [5, 5.41) is 0. The third-order valence-corrected chi connectivity index (χ3v) is 0.215. The smallest absolute Gasteiger partial charge is 0.123 e. The molecule has 1 unspecified atom stereocenters. The molecule has 0 aromatic carbocycles. The zero-order valence-electron chi connectivity index (χ0n) is 3.96. The minimum absolute atomic E-state index is 0. The highest BCUT2D eigenvalue weighted by Gasteiger charge is 1.79. The Morgan fingerprint density at radius 1 is 1.43 bits per heavy atom. The molecule has 0 radical (unpaired) electrons. The monoisotopic (exact) mass is 148 g/mol. The van der Waals surface area contributed by atoms with Crippen molar-refractivity contribution in [3.63, 3.8) is 0 Å². The molecule has 0 bridgehead atoms. The number of rotatable bonds is 1. The van der Waals surface area contributed by atoms with Crippen LogP contribution in [0.2, 0.25) is 0 Å². The highest BCUT2D eigenvalue weighted by molar-refractivity contribution is 5.85. The van der Waals surface area contributed by atoms with Crippen LogP contribution < -0.4 is 11.6 Å². The summed E-state index contributed by atoms with van der Waals surface area (Å²) in [6.45, 7) is 1.65. The van der Waals surface area contributed by atoms with Crippen molar-refractivity contribution in [3.05, 3.63) is 0 Å². The molecule has 1 atom stereocenters. The summed E-state index contributed by atoms with van der Waals surface area (Å²) in [5.74, 6) is 4.55. The maximum atomic E-state index is 4.94. The number of hydrogen-bond acceptors (Lipinski definition) is 3. The van der Waals surface area contributed by atoms with Crippen LogP contribution in [-0.2, 0) is 4.84 Å². The molecule has 0 aliphatic heterocycles. The Hall–Kier alpha value is 0.460. The standard InChI is InChI=1S/C2H8N2O.2ClH/c1-2(3)5-4;;/h2H,3-4H2,1H3;2*1H. The summed E-state index contributed by atoms with van der Waals surface area (Å²) < 4.78 is 0. The van der Waals surface area contributed by atoms with Gasteiger partial charge in [-0.1, -0.05) is 0 Å². The van der Waals surface area contributed by atoms with Gasteiger partial charge >= 0.3 is 0 Å². The molecular formula is C2H10Cl2N2O. The Bertz CT molecular complexity index is 27.7. The molecule has 7 heavy (non-hydrogen) atoms. The highest BCUT2D eigenvalue weighted by Crippen LogP contribution is 1.62. The Kier molecular flexibility index (Phi) is 21.6. The normalized spacial score (nSPS) is 10.7. The quantitative estimate of drug-likeness (QED) is 0.408. The van der Waals surface area contributed by atoms with Gasteiger partial charge in [-0.3, -0.25) is 4.84 Å². The van der Waals surface area contributed by atoms with Crippen molar-refractivity contribution in [2.75, 3.05) is 0 Å². The maximum absolute atomic E-state index is 4.94. The first-order valence-corrected chi connectivity index (χ1v) is 1.38. The van der Waals surface area contributed by atoms with Gasteiger partial charge in [0.1, 0.15) is 6.23 Å². The molecule has 0 aromatic rings. The van der Waals surface area contributed by atoms with Gasteiger partial charge in [0, 0.05) is 0 Å². The van der Waals surface area contributed by atoms with E-state index in [0.29, 0.717) is 0 Å². The molecule has 0 fully saturated rings. The van der Waals surface area contributed by atoms with Gasteiger partial charge in [-0.25, -0.2) is 5.90 Å². The van der Waals surface area contributed by atoms with Gasteiger partial charge in [0.15, 0.2) is 0 Å². The minimum Gasteiger partial charge on any atom is -0.305 e. The van der Waals surface area contributed by atoms with Crippen LogP contribution in [0.15, 0.2) is 0 Å². The van der Waals surface area contributed by atoms with Gasteiger partial charge in [0.2, 0.25) is 0 Å². The number of hydrogen-bond donors (Lipinski definition) is 2. The summed E-state index contributed by atoms with van der Waals surface area (Å²) in [7, 11) is 0. The average molecular weight is 149 g/mol. The third-order valence-electron chi connectivity index (χ3n) is 0.215. The van der Waals surface area contributed by atoms with Gasteiger partial charge in [0.25, 0.3) is 0 Å². The summed E-state index contributed by atoms with van der Waals surface area (Å²) in [4.78, 5) is 4.03. The molecular weight excluding hydrogens is 139 g/mol. The van der Waals surface area contributed by atoms with E-state index in [4.69, 9.17) is 5.73 Å². The average Bonchev–Trinajstić information content (AvgIpc) is 1.38. The molecule has 4 N–H and O–H groups in total.